The van der Waals surface area contributed by atoms with Crippen molar-refractivity contribution in [1.82, 2.24) is 14.5 Å². The second-order valence-electron chi connectivity index (χ2n) is 6.66. The van der Waals surface area contributed by atoms with Crippen LogP contribution >= 0.6 is 0 Å². The zero-order valence-corrected chi connectivity index (χ0v) is 15.4. The second kappa shape index (κ2) is 7.75. The van der Waals surface area contributed by atoms with E-state index in [2.05, 4.69) is 9.97 Å². The largest absolute Gasteiger partial charge is 0.443 e. The summed E-state index contributed by atoms with van der Waals surface area (Å²) in [6, 6.07) is 8.46. The van der Waals surface area contributed by atoms with Crippen molar-refractivity contribution in [2.75, 3.05) is 6.61 Å². The number of halogens is 3. The van der Waals surface area contributed by atoms with Crippen molar-refractivity contribution in [3.63, 3.8) is 0 Å². The van der Waals surface area contributed by atoms with Crippen LogP contribution in [-0.4, -0.2) is 32.2 Å². The standard InChI is InChI=1S/C19H15F3N4O4/c20-19(21,22)14-4-2-13(3-5-14)16-6-1-12(7-23-16)10-29-15-8-25-9-17(26(27)28)24-18(25)30-11-15/h1-7,9,15H,8,10-11H2/t15-/m1/s1. The van der Waals surface area contributed by atoms with Gasteiger partial charge in [0, 0.05) is 16.7 Å². The summed E-state index contributed by atoms with van der Waals surface area (Å²) in [6.45, 7) is 0.818. The highest BCUT2D eigenvalue weighted by molar-refractivity contribution is 5.59. The monoisotopic (exact) mass is 420 g/mol. The molecule has 1 aliphatic heterocycles. The molecule has 1 aliphatic rings. The highest BCUT2D eigenvalue weighted by Crippen LogP contribution is 2.30. The molecule has 1 atom stereocenters. The first-order chi connectivity index (χ1) is 14.3. The number of nitrogens with zero attached hydrogens (tertiary/aromatic N) is 4. The third-order valence-electron chi connectivity index (χ3n) is 4.53. The van der Waals surface area contributed by atoms with E-state index in [-0.39, 0.29) is 31.1 Å². The van der Waals surface area contributed by atoms with Crippen molar-refractivity contribution in [1.29, 1.82) is 0 Å². The SMILES string of the molecule is O=[N+]([O-])c1cn2c(n1)OC[C@H](OCc1ccc(-c3ccc(C(F)(F)F)cc3)nc1)C2. The summed E-state index contributed by atoms with van der Waals surface area (Å²) < 4.78 is 50.7. The molecule has 0 saturated carbocycles. The maximum Gasteiger partial charge on any atom is 0.416 e. The Kier molecular flexibility index (Phi) is 5.12. The fourth-order valence-corrected chi connectivity index (χ4v) is 2.98. The number of alkyl halides is 3. The number of rotatable bonds is 5. The van der Waals surface area contributed by atoms with E-state index in [1.807, 2.05) is 0 Å². The molecule has 0 bridgehead atoms. The van der Waals surface area contributed by atoms with Crippen molar-refractivity contribution in [3.05, 3.63) is 70.0 Å². The van der Waals surface area contributed by atoms with Crippen LogP contribution in [0.4, 0.5) is 19.0 Å². The topological polar surface area (TPSA) is 92.3 Å². The predicted octanol–water partition coefficient (Wildman–Crippen LogP) is 3.85. The molecule has 30 heavy (non-hydrogen) atoms. The first kappa shape index (κ1) is 19.8. The fraction of sp³-hybridized carbons (Fsp3) is 0.263. The predicted molar refractivity (Wildman–Crippen MR) is 97.6 cm³/mol. The molecule has 0 fully saturated rings. The van der Waals surface area contributed by atoms with Gasteiger partial charge >= 0.3 is 18.0 Å². The minimum Gasteiger partial charge on any atom is -0.443 e. The first-order valence-electron chi connectivity index (χ1n) is 8.88. The number of hydrogen-bond acceptors (Lipinski definition) is 6. The lowest BCUT2D eigenvalue weighted by molar-refractivity contribution is -0.389. The van der Waals surface area contributed by atoms with Crippen molar-refractivity contribution in [2.24, 2.45) is 0 Å². The summed E-state index contributed by atoms with van der Waals surface area (Å²) in [5.41, 5.74) is 1.18. The molecule has 0 radical (unpaired) electrons. The van der Waals surface area contributed by atoms with Crippen molar-refractivity contribution >= 4 is 5.82 Å². The molecule has 8 nitrogen and oxygen atoms in total. The number of fused-ring (bicyclic) bond motifs is 1. The van der Waals surface area contributed by atoms with E-state index in [4.69, 9.17) is 9.47 Å². The Labute approximate surface area is 168 Å². The van der Waals surface area contributed by atoms with Gasteiger partial charge < -0.3 is 19.6 Å². The Morgan fingerprint density at radius 3 is 2.63 bits per heavy atom. The van der Waals surface area contributed by atoms with Crippen molar-refractivity contribution < 1.29 is 27.6 Å². The number of imidazole rings is 1. The number of ether oxygens (including phenoxy) is 2. The van der Waals surface area contributed by atoms with E-state index in [9.17, 15) is 23.3 Å². The van der Waals surface area contributed by atoms with Crippen LogP contribution in [0, 0.1) is 10.1 Å². The van der Waals surface area contributed by atoms with Gasteiger partial charge in [0.15, 0.2) is 0 Å². The minimum atomic E-state index is -4.38. The Bertz CT molecular complexity index is 1050. The lowest BCUT2D eigenvalue weighted by Gasteiger charge is -2.22. The van der Waals surface area contributed by atoms with E-state index in [0.29, 0.717) is 17.8 Å². The van der Waals surface area contributed by atoms with Crippen LogP contribution in [0.1, 0.15) is 11.1 Å². The van der Waals surface area contributed by atoms with Gasteiger partial charge in [-0.3, -0.25) is 9.55 Å². The summed E-state index contributed by atoms with van der Waals surface area (Å²) in [6.07, 6.45) is -1.81. The van der Waals surface area contributed by atoms with Crippen LogP contribution < -0.4 is 4.74 Å². The van der Waals surface area contributed by atoms with Gasteiger partial charge in [-0.15, -0.1) is 0 Å². The van der Waals surface area contributed by atoms with Gasteiger partial charge in [-0.1, -0.05) is 18.2 Å². The van der Waals surface area contributed by atoms with E-state index < -0.39 is 16.7 Å². The van der Waals surface area contributed by atoms with E-state index >= 15 is 0 Å². The number of benzene rings is 1. The molecule has 0 saturated heterocycles. The lowest BCUT2D eigenvalue weighted by atomic mass is 10.1. The minimum absolute atomic E-state index is 0.184. The van der Waals surface area contributed by atoms with Gasteiger partial charge in [-0.05, 0) is 28.7 Å². The number of hydrogen-bond donors (Lipinski definition) is 0. The normalized spacial score (nSPS) is 16.0. The summed E-state index contributed by atoms with van der Waals surface area (Å²) >= 11 is 0. The molecule has 4 rings (SSSR count). The Balaban J connectivity index is 1.35. The maximum absolute atomic E-state index is 12.7. The Morgan fingerprint density at radius 1 is 1.23 bits per heavy atom. The quantitative estimate of drug-likeness (QED) is 0.460. The van der Waals surface area contributed by atoms with Gasteiger partial charge in [0.2, 0.25) is 0 Å². The molecular weight excluding hydrogens is 405 g/mol. The van der Waals surface area contributed by atoms with Crippen LogP contribution in [-0.2, 0) is 24.1 Å². The fourth-order valence-electron chi connectivity index (χ4n) is 2.98. The lowest BCUT2D eigenvalue weighted by Crippen LogP contribution is -2.32. The molecule has 156 valence electrons. The van der Waals surface area contributed by atoms with E-state index in [0.717, 1.165) is 17.7 Å². The molecular formula is C19H15F3N4O4. The Hall–Kier alpha value is -3.47. The molecule has 2 aromatic heterocycles. The second-order valence-corrected chi connectivity index (χ2v) is 6.66. The highest BCUT2D eigenvalue weighted by Gasteiger charge is 2.30. The maximum atomic E-state index is 12.7. The van der Waals surface area contributed by atoms with Crippen LogP contribution in [0.3, 0.4) is 0 Å². The summed E-state index contributed by atoms with van der Waals surface area (Å²) in [5, 5.41) is 10.8. The Morgan fingerprint density at radius 2 is 2.00 bits per heavy atom. The molecule has 3 heterocycles. The molecule has 3 aromatic rings. The number of nitro groups is 1. The molecule has 0 amide bonds. The summed E-state index contributed by atoms with van der Waals surface area (Å²) in [5.74, 6) is -0.284. The van der Waals surface area contributed by atoms with Gasteiger partial charge in [-0.25, -0.2) is 0 Å². The van der Waals surface area contributed by atoms with Crippen LogP contribution in [0.15, 0.2) is 48.8 Å². The van der Waals surface area contributed by atoms with Gasteiger partial charge in [-0.2, -0.15) is 13.2 Å². The molecule has 1 aromatic carbocycles. The van der Waals surface area contributed by atoms with Crippen molar-refractivity contribution in [3.8, 4) is 17.3 Å². The van der Waals surface area contributed by atoms with Gasteiger partial charge in [0.25, 0.3) is 0 Å². The molecule has 11 heteroatoms. The molecule has 0 spiro atoms. The van der Waals surface area contributed by atoms with Crippen LogP contribution in [0.2, 0.25) is 0 Å². The van der Waals surface area contributed by atoms with Crippen molar-refractivity contribution in [2.45, 2.75) is 25.4 Å². The third kappa shape index (κ3) is 4.25. The average Bonchev–Trinajstić information content (AvgIpc) is 3.16. The number of pyridine rings is 1. The van der Waals surface area contributed by atoms with Gasteiger partial charge in [0.1, 0.15) is 18.9 Å². The summed E-state index contributed by atoms with van der Waals surface area (Å²) in [7, 11) is 0. The number of aromatic nitrogens is 3. The zero-order valence-electron chi connectivity index (χ0n) is 15.4. The van der Waals surface area contributed by atoms with Gasteiger partial charge in [0.05, 0.1) is 24.4 Å². The molecule has 0 unspecified atom stereocenters. The molecule has 0 N–H and O–H groups in total. The van der Waals surface area contributed by atoms with E-state index in [1.54, 1.807) is 18.3 Å². The zero-order chi connectivity index (χ0) is 21.3. The third-order valence-corrected chi connectivity index (χ3v) is 4.53. The van der Waals surface area contributed by atoms with Crippen LogP contribution in [0.5, 0.6) is 6.01 Å². The highest BCUT2D eigenvalue weighted by atomic mass is 19.4. The molecule has 0 aliphatic carbocycles. The van der Waals surface area contributed by atoms with E-state index in [1.165, 1.54) is 22.9 Å². The van der Waals surface area contributed by atoms with Crippen LogP contribution in [0.25, 0.3) is 11.3 Å². The smallest absolute Gasteiger partial charge is 0.416 e. The average molecular weight is 420 g/mol. The first-order valence-corrected chi connectivity index (χ1v) is 8.88. The summed E-state index contributed by atoms with van der Waals surface area (Å²) in [4.78, 5) is 18.3.